The summed E-state index contributed by atoms with van der Waals surface area (Å²) in [7, 11) is 0. The lowest BCUT2D eigenvalue weighted by atomic mass is 10.1. The second-order valence-electron chi connectivity index (χ2n) is 4.02. The van der Waals surface area contributed by atoms with Crippen molar-refractivity contribution < 1.29 is 0 Å². The molecule has 3 heteroatoms. The average Bonchev–Trinajstić information content (AvgIpc) is 2.22. The second kappa shape index (κ2) is 7.66. The van der Waals surface area contributed by atoms with Gasteiger partial charge in [-0.15, -0.1) is 0 Å². The van der Waals surface area contributed by atoms with E-state index in [1.165, 1.54) is 11.1 Å². The van der Waals surface area contributed by atoms with Crippen molar-refractivity contribution in [3.63, 3.8) is 0 Å². The van der Waals surface area contributed by atoms with Gasteiger partial charge < -0.3 is 10.6 Å². The largest absolute Gasteiger partial charge is 0.317 e. The molecule has 0 aliphatic carbocycles. The van der Waals surface area contributed by atoms with Crippen LogP contribution in [-0.4, -0.2) is 19.6 Å². The minimum absolute atomic E-state index is 0.824. The number of halogens is 1. The first-order valence-electron chi connectivity index (χ1n) is 5.90. The summed E-state index contributed by atoms with van der Waals surface area (Å²) in [4.78, 5) is 0. The first-order valence-corrected chi connectivity index (χ1v) is 6.27. The van der Waals surface area contributed by atoms with Gasteiger partial charge in [0.25, 0.3) is 0 Å². The fourth-order valence-electron chi connectivity index (χ4n) is 1.66. The highest BCUT2D eigenvalue weighted by atomic mass is 35.5. The van der Waals surface area contributed by atoms with E-state index in [0.29, 0.717) is 0 Å². The maximum atomic E-state index is 5.99. The minimum atomic E-state index is 0.824. The van der Waals surface area contributed by atoms with E-state index >= 15 is 0 Å². The molecule has 0 unspecified atom stereocenters. The van der Waals surface area contributed by atoms with Crippen molar-refractivity contribution in [1.82, 2.24) is 10.6 Å². The van der Waals surface area contributed by atoms with Gasteiger partial charge in [-0.25, -0.2) is 0 Å². The third-order valence-corrected chi connectivity index (χ3v) is 2.61. The van der Waals surface area contributed by atoms with Crippen LogP contribution in [-0.2, 0) is 6.54 Å². The molecule has 0 spiro atoms. The Morgan fingerprint density at radius 1 is 1.12 bits per heavy atom. The summed E-state index contributed by atoms with van der Waals surface area (Å²) in [5.41, 5.74) is 2.48. The highest BCUT2D eigenvalue weighted by Gasteiger charge is 1.96. The van der Waals surface area contributed by atoms with E-state index < -0.39 is 0 Å². The van der Waals surface area contributed by atoms with Gasteiger partial charge in [-0.3, -0.25) is 0 Å². The molecule has 0 radical (unpaired) electrons. The summed E-state index contributed by atoms with van der Waals surface area (Å²) < 4.78 is 0. The molecule has 0 fully saturated rings. The van der Waals surface area contributed by atoms with Gasteiger partial charge >= 0.3 is 0 Å². The summed E-state index contributed by atoms with van der Waals surface area (Å²) in [6.45, 7) is 8.26. The lowest BCUT2D eigenvalue weighted by Gasteiger charge is -2.06. The van der Waals surface area contributed by atoms with Gasteiger partial charge in [0.15, 0.2) is 0 Å². The summed E-state index contributed by atoms with van der Waals surface area (Å²) in [5, 5.41) is 7.54. The van der Waals surface area contributed by atoms with E-state index in [1.807, 2.05) is 12.1 Å². The van der Waals surface area contributed by atoms with Gasteiger partial charge in [0, 0.05) is 11.6 Å². The van der Waals surface area contributed by atoms with Crippen LogP contribution in [0.4, 0.5) is 0 Å². The van der Waals surface area contributed by atoms with E-state index in [4.69, 9.17) is 11.6 Å². The summed E-state index contributed by atoms with van der Waals surface area (Å²) in [5.74, 6) is 0. The van der Waals surface area contributed by atoms with E-state index in [0.717, 1.165) is 37.6 Å². The van der Waals surface area contributed by atoms with Crippen LogP contribution in [0.5, 0.6) is 0 Å². The molecule has 1 rings (SSSR count). The van der Waals surface area contributed by atoms with Crippen LogP contribution in [0, 0.1) is 6.92 Å². The predicted octanol–water partition coefficient (Wildman–Crippen LogP) is 2.74. The molecule has 0 aromatic heterocycles. The predicted molar refractivity (Wildman–Crippen MR) is 71.1 cm³/mol. The second-order valence-corrected chi connectivity index (χ2v) is 4.46. The van der Waals surface area contributed by atoms with Gasteiger partial charge in [-0.2, -0.15) is 0 Å². The van der Waals surface area contributed by atoms with Crippen molar-refractivity contribution in [3.05, 3.63) is 34.3 Å². The fraction of sp³-hybridized carbons (Fsp3) is 0.538. The Morgan fingerprint density at radius 2 is 1.88 bits per heavy atom. The molecule has 0 saturated carbocycles. The molecule has 16 heavy (non-hydrogen) atoms. The van der Waals surface area contributed by atoms with E-state index in [2.05, 4.69) is 30.5 Å². The van der Waals surface area contributed by atoms with Crippen LogP contribution >= 0.6 is 11.6 Å². The van der Waals surface area contributed by atoms with Gasteiger partial charge in [-0.1, -0.05) is 24.6 Å². The Bertz CT molecular complexity index is 293. The molecule has 0 atom stereocenters. The zero-order valence-electron chi connectivity index (χ0n) is 10.1. The van der Waals surface area contributed by atoms with Crippen molar-refractivity contribution in [3.8, 4) is 0 Å². The molecule has 1 aromatic carbocycles. The summed E-state index contributed by atoms with van der Waals surface area (Å²) >= 11 is 5.99. The van der Waals surface area contributed by atoms with Crippen LogP contribution in [0.2, 0.25) is 5.02 Å². The standard InChI is InChI=1S/C13H21ClN2/c1-3-15-5-4-6-16-10-12-7-11(2)8-13(14)9-12/h7-9,15-16H,3-6,10H2,1-2H3. The number of rotatable bonds is 7. The molecular weight excluding hydrogens is 220 g/mol. The van der Waals surface area contributed by atoms with Crippen LogP contribution < -0.4 is 10.6 Å². The number of benzene rings is 1. The number of hydrogen-bond acceptors (Lipinski definition) is 2. The molecule has 0 saturated heterocycles. The first kappa shape index (κ1) is 13.5. The van der Waals surface area contributed by atoms with Gasteiger partial charge in [0.1, 0.15) is 0 Å². The molecule has 2 N–H and O–H groups in total. The Labute approximate surface area is 103 Å². The molecule has 0 aliphatic heterocycles. The normalized spacial score (nSPS) is 10.7. The smallest absolute Gasteiger partial charge is 0.0411 e. The SMILES string of the molecule is CCNCCCNCc1cc(C)cc(Cl)c1. The fourth-order valence-corrected chi connectivity index (χ4v) is 1.97. The molecule has 2 nitrogen and oxygen atoms in total. The van der Waals surface area contributed by atoms with Crippen molar-refractivity contribution in [2.75, 3.05) is 19.6 Å². The number of hydrogen-bond donors (Lipinski definition) is 2. The van der Waals surface area contributed by atoms with E-state index in [1.54, 1.807) is 0 Å². The quantitative estimate of drug-likeness (QED) is 0.717. The lowest BCUT2D eigenvalue weighted by molar-refractivity contribution is 0.606. The van der Waals surface area contributed by atoms with Crippen LogP contribution in [0.15, 0.2) is 18.2 Å². The number of aryl methyl sites for hydroxylation is 1. The van der Waals surface area contributed by atoms with Gasteiger partial charge in [0.05, 0.1) is 0 Å². The van der Waals surface area contributed by atoms with Crippen molar-refractivity contribution in [1.29, 1.82) is 0 Å². The van der Waals surface area contributed by atoms with Crippen LogP contribution in [0.1, 0.15) is 24.5 Å². The van der Waals surface area contributed by atoms with Crippen LogP contribution in [0.25, 0.3) is 0 Å². The van der Waals surface area contributed by atoms with Crippen LogP contribution in [0.3, 0.4) is 0 Å². The van der Waals surface area contributed by atoms with Crippen molar-refractivity contribution >= 4 is 11.6 Å². The maximum Gasteiger partial charge on any atom is 0.0411 e. The molecular formula is C13H21ClN2. The zero-order chi connectivity index (χ0) is 11.8. The summed E-state index contributed by atoms with van der Waals surface area (Å²) in [6.07, 6.45) is 1.16. The zero-order valence-corrected chi connectivity index (χ0v) is 10.9. The Hall–Kier alpha value is -0.570. The highest BCUT2D eigenvalue weighted by Crippen LogP contribution is 2.14. The monoisotopic (exact) mass is 240 g/mol. The minimum Gasteiger partial charge on any atom is -0.317 e. The molecule has 1 aromatic rings. The Balaban J connectivity index is 2.21. The summed E-state index contributed by atoms with van der Waals surface area (Å²) in [6, 6.07) is 6.17. The van der Waals surface area contributed by atoms with Crippen molar-refractivity contribution in [2.45, 2.75) is 26.8 Å². The third-order valence-electron chi connectivity index (χ3n) is 2.39. The molecule has 0 heterocycles. The number of nitrogens with one attached hydrogen (secondary N) is 2. The Kier molecular flexibility index (Phi) is 6.46. The average molecular weight is 241 g/mol. The molecule has 90 valence electrons. The molecule has 0 aliphatic rings. The topological polar surface area (TPSA) is 24.1 Å². The third kappa shape index (κ3) is 5.50. The first-order chi connectivity index (χ1) is 7.72. The maximum absolute atomic E-state index is 5.99. The van der Waals surface area contributed by atoms with Crippen molar-refractivity contribution in [2.24, 2.45) is 0 Å². The van der Waals surface area contributed by atoms with Gasteiger partial charge in [0.2, 0.25) is 0 Å². The molecule has 0 bridgehead atoms. The highest BCUT2D eigenvalue weighted by molar-refractivity contribution is 6.30. The van der Waals surface area contributed by atoms with E-state index in [-0.39, 0.29) is 0 Å². The van der Waals surface area contributed by atoms with E-state index in [9.17, 15) is 0 Å². The molecule has 0 amide bonds. The lowest BCUT2D eigenvalue weighted by Crippen LogP contribution is -2.21. The van der Waals surface area contributed by atoms with Gasteiger partial charge in [-0.05, 0) is 56.2 Å². The Morgan fingerprint density at radius 3 is 2.56 bits per heavy atom.